The van der Waals surface area contributed by atoms with Gasteiger partial charge in [-0.05, 0) is 55.5 Å². The molecule has 0 saturated carbocycles. The summed E-state index contributed by atoms with van der Waals surface area (Å²) in [4.78, 5) is 2.41. The minimum atomic E-state index is -0.137. The molecule has 106 valence electrons. The van der Waals surface area contributed by atoms with Crippen LogP contribution in [-0.4, -0.2) is 19.6 Å². The summed E-state index contributed by atoms with van der Waals surface area (Å²) in [5.74, 6) is 0.681. The third-order valence-corrected chi connectivity index (χ3v) is 3.91. The summed E-state index contributed by atoms with van der Waals surface area (Å²) in [6, 6.07) is 5.20. The van der Waals surface area contributed by atoms with E-state index in [0.717, 1.165) is 44.1 Å². The zero-order chi connectivity index (χ0) is 13.7. The van der Waals surface area contributed by atoms with Crippen LogP contribution in [0.1, 0.15) is 38.7 Å². The summed E-state index contributed by atoms with van der Waals surface area (Å²) in [6.45, 7) is 8.37. The van der Waals surface area contributed by atoms with Crippen molar-refractivity contribution in [2.45, 2.75) is 39.7 Å². The number of benzene rings is 1. The van der Waals surface area contributed by atoms with Crippen molar-refractivity contribution in [3.63, 3.8) is 0 Å². The zero-order valence-corrected chi connectivity index (χ0v) is 12.1. The molecule has 0 bridgehead atoms. The molecule has 3 heteroatoms. The summed E-state index contributed by atoms with van der Waals surface area (Å²) in [6.07, 6.45) is 3.57. The highest BCUT2D eigenvalue weighted by atomic mass is 19.1. The molecule has 1 aliphatic heterocycles. The Bertz CT molecular complexity index is 398. The Morgan fingerprint density at radius 2 is 2.05 bits per heavy atom. The molecule has 0 radical (unpaired) electrons. The van der Waals surface area contributed by atoms with E-state index in [9.17, 15) is 4.39 Å². The summed E-state index contributed by atoms with van der Waals surface area (Å²) in [5, 5.41) is 3.37. The van der Waals surface area contributed by atoms with E-state index >= 15 is 0 Å². The largest absolute Gasteiger partial charge is 0.371 e. The van der Waals surface area contributed by atoms with Gasteiger partial charge in [0.25, 0.3) is 0 Å². The molecule has 1 heterocycles. The zero-order valence-electron chi connectivity index (χ0n) is 12.1. The monoisotopic (exact) mass is 264 g/mol. The first kappa shape index (κ1) is 14.3. The van der Waals surface area contributed by atoms with Crippen molar-refractivity contribution in [1.29, 1.82) is 0 Å². The fraction of sp³-hybridized carbons (Fsp3) is 0.625. The SMILES string of the molecule is CCCNCc1cc(F)ccc1N1CCC(C)CC1. The van der Waals surface area contributed by atoms with Crippen LogP contribution in [-0.2, 0) is 6.54 Å². The maximum atomic E-state index is 13.4. The number of hydrogen-bond donors (Lipinski definition) is 1. The number of nitrogens with one attached hydrogen (secondary N) is 1. The Morgan fingerprint density at radius 1 is 1.32 bits per heavy atom. The van der Waals surface area contributed by atoms with E-state index in [0.29, 0.717) is 0 Å². The molecule has 1 fully saturated rings. The van der Waals surface area contributed by atoms with Gasteiger partial charge in [0, 0.05) is 25.3 Å². The molecule has 2 rings (SSSR count). The average Bonchev–Trinajstić information content (AvgIpc) is 2.41. The first-order valence-electron chi connectivity index (χ1n) is 7.44. The van der Waals surface area contributed by atoms with Crippen LogP contribution in [0.25, 0.3) is 0 Å². The molecular formula is C16H25FN2. The van der Waals surface area contributed by atoms with Crippen LogP contribution in [0.4, 0.5) is 10.1 Å². The van der Waals surface area contributed by atoms with Crippen molar-refractivity contribution in [2.75, 3.05) is 24.5 Å². The molecule has 1 aromatic carbocycles. The fourth-order valence-electron chi connectivity index (χ4n) is 2.65. The number of anilines is 1. The number of rotatable bonds is 5. The van der Waals surface area contributed by atoms with Gasteiger partial charge < -0.3 is 10.2 Å². The minimum Gasteiger partial charge on any atom is -0.371 e. The quantitative estimate of drug-likeness (QED) is 0.818. The van der Waals surface area contributed by atoms with E-state index in [2.05, 4.69) is 24.1 Å². The third kappa shape index (κ3) is 3.93. The topological polar surface area (TPSA) is 15.3 Å². The molecule has 1 aliphatic rings. The standard InChI is InChI=1S/C16H25FN2/c1-3-8-18-12-14-11-15(17)4-5-16(14)19-9-6-13(2)7-10-19/h4-5,11,13,18H,3,6-10,12H2,1-2H3. The van der Waals surface area contributed by atoms with Gasteiger partial charge in [0.15, 0.2) is 0 Å². The summed E-state index contributed by atoms with van der Waals surface area (Å²) in [7, 11) is 0. The molecule has 1 aromatic rings. The third-order valence-electron chi connectivity index (χ3n) is 3.91. The van der Waals surface area contributed by atoms with Crippen molar-refractivity contribution < 1.29 is 4.39 Å². The van der Waals surface area contributed by atoms with E-state index in [-0.39, 0.29) is 5.82 Å². The smallest absolute Gasteiger partial charge is 0.123 e. The first-order chi connectivity index (χ1) is 9.20. The number of hydrogen-bond acceptors (Lipinski definition) is 2. The van der Waals surface area contributed by atoms with Crippen molar-refractivity contribution in [3.8, 4) is 0 Å². The molecule has 1 N–H and O–H groups in total. The highest BCUT2D eigenvalue weighted by Crippen LogP contribution is 2.26. The Balaban J connectivity index is 2.09. The Labute approximate surface area is 116 Å². The summed E-state index contributed by atoms with van der Waals surface area (Å²) < 4.78 is 13.4. The lowest BCUT2D eigenvalue weighted by molar-refractivity contribution is 0.437. The van der Waals surface area contributed by atoms with Crippen LogP contribution >= 0.6 is 0 Å². The molecule has 2 nitrogen and oxygen atoms in total. The highest BCUT2D eigenvalue weighted by molar-refractivity contribution is 5.54. The van der Waals surface area contributed by atoms with Crippen molar-refractivity contribution >= 4 is 5.69 Å². The van der Waals surface area contributed by atoms with E-state index in [4.69, 9.17) is 0 Å². The van der Waals surface area contributed by atoms with E-state index in [1.54, 1.807) is 12.1 Å². The minimum absolute atomic E-state index is 0.137. The molecule has 0 atom stereocenters. The molecular weight excluding hydrogens is 239 g/mol. The second-order valence-corrected chi connectivity index (χ2v) is 5.62. The maximum absolute atomic E-state index is 13.4. The lowest BCUT2D eigenvalue weighted by Gasteiger charge is -2.33. The van der Waals surface area contributed by atoms with Crippen LogP contribution in [0.3, 0.4) is 0 Å². The highest BCUT2D eigenvalue weighted by Gasteiger charge is 2.18. The summed E-state index contributed by atoms with van der Waals surface area (Å²) >= 11 is 0. The van der Waals surface area contributed by atoms with Crippen molar-refractivity contribution in [3.05, 3.63) is 29.6 Å². The van der Waals surface area contributed by atoms with Crippen LogP contribution in [0, 0.1) is 11.7 Å². The normalized spacial score (nSPS) is 16.9. The molecule has 0 spiro atoms. The lowest BCUT2D eigenvalue weighted by atomic mass is 9.98. The van der Waals surface area contributed by atoms with E-state index < -0.39 is 0 Å². The molecule has 0 amide bonds. The Morgan fingerprint density at radius 3 is 2.74 bits per heavy atom. The van der Waals surface area contributed by atoms with Gasteiger partial charge >= 0.3 is 0 Å². The molecule has 0 aromatic heterocycles. The van der Waals surface area contributed by atoms with Gasteiger partial charge in [0.05, 0.1) is 0 Å². The van der Waals surface area contributed by atoms with Crippen molar-refractivity contribution in [2.24, 2.45) is 5.92 Å². The number of halogens is 1. The van der Waals surface area contributed by atoms with Gasteiger partial charge in [-0.1, -0.05) is 13.8 Å². The predicted octanol–water partition coefficient (Wildman–Crippen LogP) is 3.56. The average molecular weight is 264 g/mol. The van der Waals surface area contributed by atoms with Gasteiger partial charge in [0.1, 0.15) is 5.82 Å². The van der Waals surface area contributed by atoms with Crippen molar-refractivity contribution in [1.82, 2.24) is 5.32 Å². The molecule has 1 saturated heterocycles. The predicted molar refractivity (Wildman–Crippen MR) is 79.0 cm³/mol. The van der Waals surface area contributed by atoms with Crippen LogP contribution in [0.5, 0.6) is 0 Å². The van der Waals surface area contributed by atoms with Gasteiger partial charge in [-0.2, -0.15) is 0 Å². The number of nitrogens with zero attached hydrogens (tertiary/aromatic N) is 1. The summed E-state index contributed by atoms with van der Waals surface area (Å²) in [5.41, 5.74) is 2.29. The Kier molecular flexibility index (Phi) is 5.20. The van der Waals surface area contributed by atoms with Gasteiger partial charge in [0.2, 0.25) is 0 Å². The molecule has 0 unspecified atom stereocenters. The van der Waals surface area contributed by atoms with Crippen LogP contribution in [0.2, 0.25) is 0 Å². The first-order valence-corrected chi connectivity index (χ1v) is 7.44. The second-order valence-electron chi connectivity index (χ2n) is 5.62. The maximum Gasteiger partial charge on any atom is 0.123 e. The molecule has 19 heavy (non-hydrogen) atoms. The van der Waals surface area contributed by atoms with Gasteiger partial charge in [-0.3, -0.25) is 0 Å². The van der Waals surface area contributed by atoms with E-state index in [1.807, 2.05) is 6.07 Å². The fourth-order valence-corrected chi connectivity index (χ4v) is 2.65. The molecule has 0 aliphatic carbocycles. The van der Waals surface area contributed by atoms with Gasteiger partial charge in [-0.15, -0.1) is 0 Å². The van der Waals surface area contributed by atoms with Gasteiger partial charge in [-0.25, -0.2) is 4.39 Å². The van der Waals surface area contributed by atoms with Crippen LogP contribution in [0.15, 0.2) is 18.2 Å². The Hall–Kier alpha value is -1.09. The van der Waals surface area contributed by atoms with E-state index in [1.165, 1.54) is 18.5 Å². The van der Waals surface area contributed by atoms with Crippen LogP contribution < -0.4 is 10.2 Å². The second kappa shape index (κ2) is 6.90. The lowest BCUT2D eigenvalue weighted by Crippen LogP contribution is -2.34. The number of piperidine rings is 1.